The van der Waals surface area contributed by atoms with E-state index in [9.17, 15) is 4.79 Å². The molecule has 2 aliphatic heterocycles. The monoisotopic (exact) mass is 227 g/mol. The van der Waals surface area contributed by atoms with Crippen molar-refractivity contribution in [1.29, 1.82) is 0 Å². The molecule has 0 spiro atoms. The van der Waals surface area contributed by atoms with E-state index in [0.717, 1.165) is 19.5 Å². The summed E-state index contributed by atoms with van der Waals surface area (Å²) >= 11 is 0. The van der Waals surface area contributed by atoms with Crippen LogP contribution in [0.2, 0.25) is 0 Å². The highest BCUT2D eigenvalue weighted by Crippen LogP contribution is 2.25. The van der Waals surface area contributed by atoms with Crippen molar-refractivity contribution < 1.29 is 14.8 Å². The molecular weight excluding hydrogens is 204 g/mol. The van der Waals surface area contributed by atoms with E-state index in [1.807, 2.05) is 25.7 Å². The van der Waals surface area contributed by atoms with Crippen molar-refractivity contribution in [3.63, 3.8) is 0 Å². The Labute approximate surface area is 97.3 Å². The number of hydrogen-bond donors (Lipinski definition) is 1. The molecule has 2 atom stereocenters. The predicted molar refractivity (Wildman–Crippen MR) is 61.1 cm³/mol. The fourth-order valence-corrected chi connectivity index (χ4v) is 2.76. The standard InChI is InChI=1S/C12H22N2O2/c1-12(2,3)16-11(15)14-6-4-5-9-7-13-8-10(9)14/h9-10,13H,4-8H2,1-3H3/p+1/t9-,10+/m0/s1. The van der Waals surface area contributed by atoms with Crippen LogP contribution in [-0.4, -0.2) is 42.3 Å². The molecule has 16 heavy (non-hydrogen) atoms. The topological polar surface area (TPSA) is 46.1 Å². The Morgan fingerprint density at radius 2 is 2.12 bits per heavy atom. The fourth-order valence-electron chi connectivity index (χ4n) is 2.76. The molecule has 2 N–H and O–H groups in total. The number of rotatable bonds is 0. The Balaban J connectivity index is 2.00. The van der Waals surface area contributed by atoms with E-state index >= 15 is 0 Å². The molecule has 0 radical (unpaired) electrons. The highest BCUT2D eigenvalue weighted by Gasteiger charge is 2.41. The van der Waals surface area contributed by atoms with Crippen LogP contribution in [0, 0.1) is 5.92 Å². The maximum atomic E-state index is 12.0. The van der Waals surface area contributed by atoms with Gasteiger partial charge in [0.1, 0.15) is 5.60 Å². The zero-order chi connectivity index (χ0) is 11.8. The van der Waals surface area contributed by atoms with Gasteiger partial charge in [-0.25, -0.2) is 4.79 Å². The van der Waals surface area contributed by atoms with Crippen LogP contribution in [0.25, 0.3) is 0 Å². The minimum absolute atomic E-state index is 0.127. The zero-order valence-corrected chi connectivity index (χ0v) is 10.5. The summed E-state index contributed by atoms with van der Waals surface area (Å²) in [5.74, 6) is 0.682. The van der Waals surface area contributed by atoms with Crippen molar-refractivity contribution in [3.8, 4) is 0 Å². The summed E-state index contributed by atoms with van der Waals surface area (Å²) in [4.78, 5) is 14.0. The predicted octanol–water partition coefficient (Wildman–Crippen LogP) is 0.579. The second-order valence-electron chi connectivity index (χ2n) is 5.90. The minimum atomic E-state index is -0.383. The average molecular weight is 227 g/mol. The van der Waals surface area contributed by atoms with E-state index in [1.165, 1.54) is 13.0 Å². The Hall–Kier alpha value is -0.770. The maximum absolute atomic E-state index is 12.0. The Morgan fingerprint density at radius 3 is 2.81 bits per heavy atom. The third-order valence-corrected chi connectivity index (χ3v) is 3.42. The van der Waals surface area contributed by atoms with Gasteiger partial charge in [0.25, 0.3) is 0 Å². The van der Waals surface area contributed by atoms with Gasteiger partial charge in [0.15, 0.2) is 0 Å². The largest absolute Gasteiger partial charge is 0.444 e. The smallest absolute Gasteiger partial charge is 0.410 e. The minimum Gasteiger partial charge on any atom is -0.444 e. The third kappa shape index (κ3) is 2.48. The van der Waals surface area contributed by atoms with Gasteiger partial charge in [0.05, 0.1) is 19.1 Å². The van der Waals surface area contributed by atoms with E-state index in [4.69, 9.17) is 4.74 Å². The molecule has 1 amide bonds. The number of carbonyl (C=O) groups is 1. The lowest BCUT2D eigenvalue weighted by atomic mass is 9.92. The van der Waals surface area contributed by atoms with Gasteiger partial charge in [-0.2, -0.15) is 0 Å². The number of amides is 1. The van der Waals surface area contributed by atoms with Gasteiger partial charge in [-0.15, -0.1) is 0 Å². The van der Waals surface area contributed by atoms with E-state index in [0.29, 0.717) is 12.0 Å². The molecule has 0 aromatic heterocycles. The van der Waals surface area contributed by atoms with E-state index < -0.39 is 0 Å². The second-order valence-corrected chi connectivity index (χ2v) is 5.90. The number of hydrogen-bond acceptors (Lipinski definition) is 2. The summed E-state index contributed by atoms with van der Waals surface area (Å²) < 4.78 is 5.46. The lowest BCUT2D eigenvalue weighted by Crippen LogP contribution is -2.82. The normalized spacial score (nSPS) is 30.1. The molecule has 0 bridgehead atoms. The molecule has 0 aromatic carbocycles. The van der Waals surface area contributed by atoms with Crippen molar-refractivity contribution in [2.24, 2.45) is 5.92 Å². The number of nitrogens with zero attached hydrogens (tertiary/aromatic N) is 1. The summed E-state index contributed by atoms with van der Waals surface area (Å²) in [7, 11) is 0. The van der Waals surface area contributed by atoms with Crippen molar-refractivity contribution in [3.05, 3.63) is 0 Å². The summed E-state index contributed by atoms with van der Waals surface area (Å²) in [6.45, 7) is 8.85. The lowest BCUT2D eigenvalue weighted by molar-refractivity contribution is -0.639. The highest BCUT2D eigenvalue weighted by atomic mass is 16.6. The van der Waals surface area contributed by atoms with Gasteiger partial charge in [-0.1, -0.05) is 0 Å². The molecular formula is C12H23N2O2+. The molecule has 0 saturated carbocycles. The summed E-state index contributed by atoms with van der Waals surface area (Å²) in [6, 6.07) is 0.406. The van der Waals surface area contributed by atoms with Crippen molar-refractivity contribution in [2.75, 3.05) is 19.6 Å². The molecule has 4 nitrogen and oxygen atoms in total. The van der Waals surface area contributed by atoms with Crippen molar-refractivity contribution >= 4 is 6.09 Å². The van der Waals surface area contributed by atoms with Crippen LogP contribution in [0.4, 0.5) is 4.79 Å². The molecule has 2 heterocycles. The van der Waals surface area contributed by atoms with E-state index in [2.05, 4.69) is 5.32 Å². The van der Waals surface area contributed by atoms with Gasteiger partial charge in [0, 0.05) is 12.5 Å². The first-order valence-electron chi connectivity index (χ1n) is 6.28. The highest BCUT2D eigenvalue weighted by molar-refractivity contribution is 5.68. The summed E-state index contributed by atoms with van der Waals surface area (Å²) in [5.41, 5.74) is -0.383. The van der Waals surface area contributed by atoms with Crippen LogP contribution in [0.15, 0.2) is 0 Å². The molecule has 0 aromatic rings. The van der Waals surface area contributed by atoms with Crippen LogP contribution < -0.4 is 5.32 Å². The molecule has 0 unspecified atom stereocenters. The Bertz CT molecular complexity index is 273. The van der Waals surface area contributed by atoms with Gasteiger partial charge < -0.3 is 10.1 Å². The Kier molecular flexibility index (Phi) is 3.10. The van der Waals surface area contributed by atoms with Crippen molar-refractivity contribution in [1.82, 2.24) is 4.90 Å². The van der Waals surface area contributed by atoms with Crippen LogP contribution in [0.5, 0.6) is 0 Å². The van der Waals surface area contributed by atoms with Gasteiger partial charge in [-0.3, -0.25) is 4.90 Å². The SMILES string of the molecule is CC(C)(C)OC(=O)N1CCC[C@H]2C[NH2+]C[C@H]21. The van der Waals surface area contributed by atoms with Gasteiger partial charge in [0.2, 0.25) is 0 Å². The number of piperidine rings is 1. The van der Waals surface area contributed by atoms with Gasteiger partial charge >= 0.3 is 6.09 Å². The quantitative estimate of drug-likeness (QED) is 0.658. The molecule has 2 fully saturated rings. The number of likely N-dealkylation sites (tertiary alicyclic amines) is 1. The summed E-state index contributed by atoms with van der Waals surface area (Å²) in [6.07, 6.45) is 2.26. The molecule has 0 aliphatic carbocycles. The number of fused-ring (bicyclic) bond motifs is 1. The van der Waals surface area contributed by atoms with Crippen LogP contribution in [0.3, 0.4) is 0 Å². The first-order chi connectivity index (χ1) is 7.47. The van der Waals surface area contributed by atoms with Gasteiger partial charge in [-0.05, 0) is 33.6 Å². The third-order valence-electron chi connectivity index (χ3n) is 3.42. The molecule has 4 heteroatoms. The van der Waals surface area contributed by atoms with Crippen LogP contribution >= 0.6 is 0 Å². The summed E-state index contributed by atoms with van der Waals surface area (Å²) in [5, 5.41) is 2.32. The average Bonchev–Trinajstić information content (AvgIpc) is 2.61. The number of nitrogens with two attached hydrogens (primary N) is 1. The van der Waals surface area contributed by atoms with E-state index in [1.54, 1.807) is 0 Å². The molecule has 2 rings (SSSR count). The fraction of sp³-hybridized carbons (Fsp3) is 0.917. The van der Waals surface area contributed by atoms with Crippen LogP contribution in [0.1, 0.15) is 33.6 Å². The molecule has 92 valence electrons. The van der Waals surface area contributed by atoms with E-state index in [-0.39, 0.29) is 11.7 Å². The molecule has 2 saturated heterocycles. The Morgan fingerprint density at radius 1 is 1.38 bits per heavy atom. The zero-order valence-electron chi connectivity index (χ0n) is 10.5. The number of carbonyl (C=O) groups excluding carboxylic acids is 1. The lowest BCUT2D eigenvalue weighted by Gasteiger charge is -2.36. The van der Waals surface area contributed by atoms with Crippen LogP contribution in [-0.2, 0) is 4.74 Å². The maximum Gasteiger partial charge on any atom is 0.410 e. The second kappa shape index (κ2) is 4.24. The molecule has 2 aliphatic rings. The number of ether oxygens (including phenoxy) is 1. The first kappa shape index (κ1) is 11.7. The van der Waals surface area contributed by atoms with Crippen molar-refractivity contribution in [2.45, 2.75) is 45.3 Å². The first-order valence-corrected chi connectivity index (χ1v) is 6.28. The number of quaternary nitrogens is 1.